The van der Waals surface area contributed by atoms with Crippen LogP contribution in [-0.4, -0.2) is 15.9 Å². The number of nitrogens with zero attached hydrogens (tertiary/aromatic N) is 2. The Morgan fingerprint density at radius 3 is 2.92 bits per heavy atom. The van der Waals surface area contributed by atoms with E-state index in [9.17, 15) is 9.18 Å². The second-order valence-electron chi connectivity index (χ2n) is 5.01. The van der Waals surface area contributed by atoms with Gasteiger partial charge in [-0.2, -0.15) is 0 Å². The van der Waals surface area contributed by atoms with Crippen LogP contribution in [0.5, 0.6) is 0 Å². The predicted molar refractivity (Wildman–Crippen MR) is 92.8 cm³/mol. The first-order valence-electron chi connectivity index (χ1n) is 7.19. The molecule has 1 aromatic carbocycles. The van der Waals surface area contributed by atoms with Crippen LogP contribution in [0.1, 0.15) is 20.9 Å². The molecule has 7 heteroatoms. The lowest BCUT2D eigenvalue weighted by molar-refractivity contribution is 0.0954. The van der Waals surface area contributed by atoms with E-state index in [0.717, 1.165) is 14.7 Å². The summed E-state index contributed by atoms with van der Waals surface area (Å²) in [6.45, 7) is 2.21. The summed E-state index contributed by atoms with van der Waals surface area (Å²) in [4.78, 5) is 21.9. The highest BCUT2D eigenvalue weighted by molar-refractivity contribution is 8.01. The van der Waals surface area contributed by atoms with Gasteiger partial charge in [0.05, 0.1) is 27.5 Å². The Balaban J connectivity index is 1.63. The van der Waals surface area contributed by atoms with E-state index in [1.165, 1.54) is 35.2 Å². The van der Waals surface area contributed by atoms with Crippen molar-refractivity contribution < 1.29 is 9.18 Å². The number of thiophene rings is 1. The first-order valence-corrected chi connectivity index (χ1v) is 8.82. The molecule has 0 saturated heterocycles. The molecule has 0 aliphatic rings. The normalized spacial score (nSPS) is 10.6. The third-order valence-electron chi connectivity index (χ3n) is 3.20. The number of aryl methyl sites for hydroxylation is 1. The Bertz CT molecular complexity index is 852. The van der Waals surface area contributed by atoms with Gasteiger partial charge in [-0.05, 0) is 42.8 Å². The van der Waals surface area contributed by atoms with E-state index in [0.29, 0.717) is 17.1 Å². The second-order valence-corrected chi connectivity index (χ2v) is 7.44. The van der Waals surface area contributed by atoms with Crippen molar-refractivity contribution in [2.45, 2.75) is 22.6 Å². The highest BCUT2D eigenvalue weighted by Crippen LogP contribution is 2.35. The van der Waals surface area contributed by atoms with Crippen LogP contribution < -0.4 is 5.32 Å². The number of aromatic nitrogens is 2. The molecule has 2 aromatic heterocycles. The first kappa shape index (κ1) is 16.6. The molecule has 3 aromatic rings. The molecule has 0 spiro atoms. The zero-order valence-electron chi connectivity index (χ0n) is 12.8. The average Bonchev–Trinajstić information content (AvgIpc) is 3.05. The van der Waals surface area contributed by atoms with Crippen LogP contribution in [0.4, 0.5) is 4.39 Å². The molecule has 0 radical (unpaired) electrons. The zero-order chi connectivity index (χ0) is 16.9. The van der Waals surface area contributed by atoms with Crippen LogP contribution in [0, 0.1) is 12.7 Å². The predicted octanol–water partition coefficient (Wildman–Crippen LogP) is 4.07. The van der Waals surface area contributed by atoms with E-state index in [1.54, 1.807) is 30.7 Å². The summed E-state index contributed by atoms with van der Waals surface area (Å²) in [7, 11) is 0. The van der Waals surface area contributed by atoms with E-state index in [4.69, 9.17) is 0 Å². The van der Waals surface area contributed by atoms with Crippen molar-refractivity contribution in [1.29, 1.82) is 0 Å². The van der Waals surface area contributed by atoms with Gasteiger partial charge in [0.1, 0.15) is 5.82 Å². The summed E-state index contributed by atoms with van der Waals surface area (Å²) >= 11 is 2.93. The summed E-state index contributed by atoms with van der Waals surface area (Å²) < 4.78 is 14.1. The van der Waals surface area contributed by atoms with Gasteiger partial charge in [0.2, 0.25) is 0 Å². The highest BCUT2D eigenvalue weighted by atomic mass is 32.2. The minimum atomic E-state index is -0.243. The molecule has 0 unspecified atom stereocenters. The number of benzene rings is 1. The van der Waals surface area contributed by atoms with Gasteiger partial charge in [-0.3, -0.25) is 14.8 Å². The zero-order valence-corrected chi connectivity index (χ0v) is 14.5. The smallest absolute Gasteiger partial charge is 0.261 e. The molecule has 4 nitrogen and oxygen atoms in total. The van der Waals surface area contributed by atoms with Crippen LogP contribution >= 0.6 is 23.1 Å². The Morgan fingerprint density at radius 2 is 2.17 bits per heavy atom. The maximum Gasteiger partial charge on any atom is 0.261 e. The maximum absolute atomic E-state index is 13.2. The van der Waals surface area contributed by atoms with Crippen molar-refractivity contribution in [2.24, 2.45) is 0 Å². The molecule has 2 heterocycles. The van der Waals surface area contributed by atoms with Gasteiger partial charge >= 0.3 is 0 Å². The topological polar surface area (TPSA) is 54.9 Å². The first-order chi connectivity index (χ1) is 11.6. The van der Waals surface area contributed by atoms with Crippen LogP contribution in [0.3, 0.4) is 0 Å². The lowest BCUT2D eigenvalue weighted by Crippen LogP contribution is -2.22. The fraction of sp³-hybridized carbons (Fsp3) is 0.118. The van der Waals surface area contributed by atoms with Gasteiger partial charge < -0.3 is 5.32 Å². The largest absolute Gasteiger partial charge is 0.346 e. The van der Waals surface area contributed by atoms with Crippen LogP contribution in [0.15, 0.2) is 58.0 Å². The third-order valence-corrected chi connectivity index (χ3v) is 5.59. The van der Waals surface area contributed by atoms with E-state index < -0.39 is 0 Å². The molecule has 0 saturated carbocycles. The molecule has 0 fully saturated rings. The van der Waals surface area contributed by atoms with Crippen LogP contribution in [-0.2, 0) is 6.54 Å². The van der Waals surface area contributed by atoms with Crippen molar-refractivity contribution >= 4 is 29.0 Å². The Labute approximate surface area is 147 Å². The van der Waals surface area contributed by atoms with E-state index in [2.05, 4.69) is 15.3 Å². The molecule has 1 amide bonds. The summed E-state index contributed by atoms with van der Waals surface area (Å²) in [5.74, 6) is -0.388. The van der Waals surface area contributed by atoms with Crippen molar-refractivity contribution in [3.63, 3.8) is 0 Å². The highest BCUT2D eigenvalue weighted by Gasteiger charge is 2.11. The second kappa shape index (κ2) is 7.55. The van der Waals surface area contributed by atoms with Gasteiger partial charge in [-0.25, -0.2) is 4.39 Å². The number of nitrogens with one attached hydrogen (secondary N) is 1. The molecule has 0 aliphatic heterocycles. The third kappa shape index (κ3) is 4.18. The number of halogens is 1. The summed E-state index contributed by atoms with van der Waals surface area (Å²) in [6.07, 6.45) is 4.80. The summed E-state index contributed by atoms with van der Waals surface area (Å²) in [5.41, 5.74) is 1.58. The number of amides is 1. The van der Waals surface area contributed by atoms with Crippen molar-refractivity contribution in [2.75, 3.05) is 0 Å². The van der Waals surface area contributed by atoms with Gasteiger partial charge in [0, 0.05) is 17.3 Å². The lowest BCUT2D eigenvalue weighted by atomic mass is 10.2. The van der Waals surface area contributed by atoms with E-state index >= 15 is 0 Å². The summed E-state index contributed by atoms with van der Waals surface area (Å²) in [6, 6.07) is 8.39. The fourth-order valence-electron chi connectivity index (χ4n) is 2.01. The number of rotatable bonds is 5. The van der Waals surface area contributed by atoms with Crippen molar-refractivity contribution in [1.82, 2.24) is 15.3 Å². The number of hydrogen-bond acceptors (Lipinski definition) is 5. The maximum atomic E-state index is 13.2. The minimum Gasteiger partial charge on any atom is -0.346 e. The van der Waals surface area contributed by atoms with Crippen LogP contribution in [0.2, 0.25) is 0 Å². The minimum absolute atomic E-state index is 0.145. The molecule has 1 N–H and O–H groups in total. The monoisotopic (exact) mass is 359 g/mol. The molecule has 3 rings (SSSR count). The van der Waals surface area contributed by atoms with Crippen molar-refractivity contribution in [3.8, 4) is 0 Å². The molecule has 122 valence electrons. The van der Waals surface area contributed by atoms with Gasteiger partial charge in [-0.15, -0.1) is 11.3 Å². The lowest BCUT2D eigenvalue weighted by Gasteiger charge is -2.03. The van der Waals surface area contributed by atoms with Gasteiger partial charge in [0.25, 0.3) is 5.91 Å². The summed E-state index contributed by atoms with van der Waals surface area (Å²) in [5, 5.41) is 2.82. The quantitative estimate of drug-likeness (QED) is 0.746. The van der Waals surface area contributed by atoms with Crippen molar-refractivity contribution in [3.05, 3.63) is 70.9 Å². The number of carbonyl (C=O) groups is 1. The van der Waals surface area contributed by atoms with E-state index in [1.807, 2.05) is 13.0 Å². The molecule has 0 aliphatic carbocycles. The number of hydrogen-bond donors (Lipinski definition) is 1. The molecular weight excluding hydrogens is 345 g/mol. The Hall–Kier alpha value is -2.25. The van der Waals surface area contributed by atoms with E-state index in [-0.39, 0.29) is 11.7 Å². The molecule has 24 heavy (non-hydrogen) atoms. The standard InChI is InChI=1S/C17H14FN3OS2/c1-11-8-12(18)2-3-14(11)23-16-5-4-15(24-16)17(22)21-10-13-9-19-6-7-20-13/h2-9H,10H2,1H3,(H,21,22). The molecule has 0 bridgehead atoms. The fourth-order valence-corrected chi connectivity index (χ4v) is 4.08. The SMILES string of the molecule is Cc1cc(F)ccc1Sc1ccc(C(=O)NCc2cnccn2)s1. The number of carbonyl (C=O) groups excluding carboxylic acids is 1. The average molecular weight is 359 g/mol. The van der Waals surface area contributed by atoms with Gasteiger partial charge in [0.15, 0.2) is 0 Å². The Kier molecular flexibility index (Phi) is 5.22. The molecule has 0 atom stereocenters. The molecular formula is C17H14FN3OS2. The van der Waals surface area contributed by atoms with Gasteiger partial charge in [-0.1, -0.05) is 11.8 Å². The van der Waals surface area contributed by atoms with Crippen LogP contribution in [0.25, 0.3) is 0 Å². The Morgan fingerprint density at radius 1 is 1.29 bits per heavy atom.